The van der Waals surface area contributed by atoms with Crippen LogP contribution in [0.3, 0.4) is 0 Å². The molecule has 6 heteroatoms. The summed E-state index contributed by atoms with van der Waals surface area (Å²) in [6.07, 6.45) is 6.41. The maximum atomic E-state index is 12.1. The maximum Gasteiger partial charge on any atom is 0.291 e. The van der Waals surface area contributed by atoms with Gasteiger partial charge in [-0.25, -0.2) is 4.98 Å². The Labute approximate surface area is 152 Å². The van der Waals surface area contributed by atoms with E-state index in [2.05, 4.69) is 21.8 Å². The molecule has 1 fully saturated rings. The average molecular weight is 352 g/mol. The number of likely N-dealkylation sites (tertiary alicyclic amines) is 1. The molecular weight excluding hydrogens is 328 g/mol. The Hall–Kier alpha value is -2.60. The monoisotopic (exact) mass is 352 g/mol. The molecule has 1 amide bonds. The second-order valence-corrected chi connectivity index (χ2v) is 6.87. The summed E-state index contributed by atoms with van der Waals surface area (Å²) in [6.45, 7) is 3.46. The molecule has 3 heterocycles. The number of aromatic nitrogens is 2. The molecule has 1 aliphatic rings. The Bertz CT molecular complexity index is 892. The topological polar surface area (TPSA) is 63.3 Å². The second kappa shape index (κ2) is 7.33. The summed E-state index contributed by atoms with van der Waals surface area (Å²) in [5, 5.41) is 2.86. The summed E-state index contributed by atoms with van der Waals surface area (Å²) in [5.74, 6) is 1.13. The van der Waals surface area contributed by atoms with Gasteiger partial charge in [0.15, 0.2) is 5.76 Å². The van der Waals surface area contributed by atoms with Crippen molar-refractivity contribution in [3.63, 3.8) is 0 Å². The first-order chi connectivity index (χ1) is 12.7. The number of piperidine rings is 1. The molecule has 0 unspecified atom stereocenters. The van der Waals surface area contributed by atoms with Gasteiger partial charge in [0.05, 0.1) is 17.3 Å². The van der Waals surface area contributed by atoms with Crippen molar-refractivity contribution < 1.29 is 9.21 Å². The van der Waals surface area contributed by atoms with Crippen LogP contribution in [0.1, 0.15) is 35.6 Å². The summed E-state index contributed by atoms with van der Waals surface area (Å²) >= 11 is 0. The predicted molar refractivity (Wildman–Crippen MR) is 101 cm³/mol. The Balaban J connectivity index is 1.48. The molecule has 2 aromatic heterocycles. The molecule has 0 spiro atoms. The lowest BCUT2D eigenvalue weighted by Gasteiger charge is -2.26. The maximum absolute atomic E-state index is 12.1. The first kappa shape index (κ1) is 16.8. The number of hydrogen-bond donors (Lipinski definition) is 1. The van der Waals surface area contributed by atoms with Gasteiger partial charge in [-0.15, -0.1) is 0 Å². The summed E-state index contributed by atoms with van der Waals surface area (Å²) in [5.41, 5.74) is 2.70. The van der Waals surface area contributed by atoms with Crippen molar-refractivity contribution >= 4 is 22.6 Å². The Morgan fingerprint density at radius 1 is 1.23 bits per heavy atom. The number of nitrogens with zero attached hydrogens (tertiary/aromatic N) is 3. The fraction of sp³-hybridized carbons (Fsp3) is 0.400. The van der Waals surface area contributed by atoms with E-state index < -0.39 is 0 Å². The zero-order valence-electron chi connectivity index (χ0n) is 15.1. The molecule has 6 nitrogen and oxygen atoms in total. The Morgan fingerprint density at radius 2 is 2.08 bits per heavy atom. The number of aryl methyl sites for hydroxylation is 1. The smallest absolute Gasteiger partial charge is 0.291 e. The third-order valence-corrected chi connectivity index (χ3v) is 5.08. The minimum atomic E-state index is -0.254. The van der Waals surface area contributed by atoms with Crippen molar-refractivity contribution in [3.05, 3.63) is 48.2 Å². The molecule has 1 aliphatic heterocycles. The number of amides is 1. The number of hydrogen-bond acceptors (Lipinski definition) is 4. The van der Waals surface area contributed by atoms with Crippen LogP contribution >= 0.6 is 0 Å². The highest BCUT2D eigenvalue weighted by Gasteiger charge is 2.14. The molecule has 3 aromatic rings. The number of carbonyl (C=O) groups is 1. The third-order valence-electron chi connectivity index (χ3n) is 5.08. The van der Waals surface area contributed by atoms with Crippen LogP contribution in [0.5, 0.6) is 0 Å². The van der Waals surface area contributed by atoms with Crippen molar-refractivity contribution in [2.75, 3.05) is 25.0 Å². The SMILES string of the molecule is Cn1c(CCN2CCCCC2)nc2cc(NC(=O)c3ccco3)ccc21. The molecule has 26 heavy (non-hydrogen) atoms. The van der Waals surface area contributed by atoms with Crippen LogP contribution in [0.25, 0.3) is 11.0 Å². The van der Waals surface area contributed by atoms with Crippen molar-refractivity contribution in [2.45, 2.75) is 25.7 Å². The summed E-state index contributed by atoms with van der Waals surface area (Å²) in [4.78, 5) is 19.4. The standard InChI is InChI=1S/C20H24N4O2/c1-23-17-8-7-15(21-20(25)18-6-5-13-26-18)14-16(17)22-19(23)9-12-24-10-3-2-4-11-24/h5-8,13-14H,2-4,9-12H2,1H3,(H,21,25). The molecule has 0 aliphatic carbocycles. The van der Waals surface area contributed by atoms with E-state index in [-0.39, 0.29) is 5.91 Å². The average Bonchev–Trinajstić information content (AvgIpc) is 3.30. The van der Waals surface area contributed by atoms with Crippen LogP contribution in [0.15, 0.2) is 41.0 Å². The minimum Gasteiger partial charge on any atom is -0.459 e. The number of furan rings is 1. The first-order valence-corrected chi connectivity index (χ1v) is 9.23. The molecule has 1 N–H and O–H groups in total. The van der Waals surface area contributed by atoms with Gasteiger partial charge >= 0.3 is 0 Å². The number of anilines is 1. The summed E-state index contributed by atoms with van der Waals surface area (Å²) < 4.78 is 7.28. The number of nitrogens with one attached hydrogen (secondary N) is 1. The zero-order valence-corrected chi connectivity index (χ0v) is 15.1. The van der Waals surface area contributed by atoms with Crippen LogP contribution in [0.2, 0.25) is 0 Å². The fourth-order valence-electron chi connectivity index (χ4n) is 3.59. The molecular formula is C20H24N4O2. The van der Waals surface area contributed by atoms with Gasteiger partial charge in [0.2, 0.25) is 0 Å². The highest BCUT2D eigenvalue weighted by Crippen LogP contribution is 2.21. The first-order valence-electron chi connectivity index (χ1n) is 9.23. The van der Waals surface area contributed by atoms with E-state index in [9.17, 15) is 4.79 Å². The van der Waals surface area contributed by atoms with Gasteiger partial charge in [0.1, 0.15) is 5.82 Å². The van der Waals surface area contributed by atoms with E-state index in [4.69, 9.17) is 9.40 Å². The number of carbonyl (C=O) groups excluding carboxylic acids is 1. The Morgan fingerprint density at radius 3 is 2.85 bits per heavy atom. The molecule has 0 atom stereocenters. The van der Waals surface area contributed by atoms with Crippen LogP contribution in [0, 0.1) is 0 Å². The molecule has 0 bridgehead atoms. The zero-order chi connectivity index (χ0) is 17.9. The highest BCUT2D eigenvalue weighted by atomic mass is 16.3. The number of rotatable bonds is 5. The van der Waals surface area contributed by atoms with E-state index in [1.54, 1.807) is 12.1 Å². The number of imidazole rings is 1. The van der Waals surface area contributed by atoms with Crippen molar-refractivity contribution in [1.82, 2.24) is 14.5 Å². The number of benzene rings is 1. The quantitative estimate of drug-likeness (QED) is 0.764. The van der Waals surface area contributed by atoms with Gasteiger partial charge in [-0.05, 0) is 56.3 Å². The van der Waals surface area contributed by atoms with Crippen LogP contribution in [-0.2, 0) is 13.5 Å². The molecule has 0 saturated carbocycles. The van der Waals surface area contributed by atoms with Crippen molar-refractivity contribution in [3.8, 4) is 0 Å². The van der Waals surface area contributed by atoms with Crippen LogP contribution in [0.4, 0.5) is 5.69 Å². The molecule has 136 valence electrons. The third kappa shape index (κ3) is 3.51. The molecule has 1 saturated heterocycles. The van der Waals surface area contributed by atoms with Gasteiger partial charge in [-0.3, -0.25) is 4.79 Å². The predicted octanol–water partition coefficient (Wildman–Crippen LogP) is 3.45. The lowest BCUT2D eigenvalue weighted by Crippen LogP contribution is -2.31. The van der Waals surface area contributed by atoms with Gasteiger partial charge in [0, 0.05) is 25.7 Å². The van der Waals surface area contributed by atoms with E-state index in [1.807, 2.05) is 18.2 Å². The van der Waals surface area contributed by atoms with Gasteiger partial charge in [-0.1, -0.05) is 6.42 Å². The normalized spacial score (nSPS) is 15.4. The summed E-state index contributed by atoms with van der Waals surface area (Å²) in [7, 11) is 2.06. The van der Waals surface area contributed by atoms with Crippen molar-refractivity contribution in [2.24, 2.45) is 7.05 Å². The number of fused-ring (bicyclic) bond motifs is 1. The van der Waals surface area contributed by atoms with E-state index >= 15 is 0 Å². The Kier molecular flexibility index (Phi) is 4.75. The second-order valence-electron chi connectivity index (χ2n) is 6.87. The van der Waals surface area contributed by atoms with E-state index in [0.717, 1.165) is 35.5 Å². The molecule has 1 aromatic carbocycles. The lowest BCUT2D eigenvalue weighted by atomic mass is 10.1. The van der Waals surface area contributed by atoms with Gasteiger partial charge in [-0.2, -0.15) is 0 Å². The summed E-state index contributed by atoms with van der Waals surface area (Å²) in [6, 6.07) is 9.17. The van der Waals surface area contributed by atoms with Gasteiger partial charge < -0.3 is 19.2 Å². The molecule has 0 radical (unpaired) electrons. The van der Waals surface area contributed by atoms with Gasteiger partial charge in [0.25, 0.3) is 5.91 Å². The van der Waals surface area contributed by atoms with Crippen LogP contribution < -0.4 is 5.32 Å². The van der Waals surface area contributed by atoms with Crippen LogP contribution in [-0.4, -0.2) is 40.0 Å². The fourth-order valence-corrected chi connectivity index (χ4v) is 3.59. The van der Waals surface area contributed by atoms with Crippen molar-refractivity contribution in [1.29, 1.82) is 0 Å². The van der Waals surface area contributed by atoms with E-state index in [0.29, 0.717) is 5.76 Å². The van der Waals surface area contributed by atoms with E-state index in [1.165, 1.54) is 38.6 Å². The minimum absolute atomic E-state index is 0.254. The largest absolute Gasteiger partial charge is 0.459 e. The highest BCUT2D eigenvalue weighted by molar-refractivity contribution is 6.03. The molecule has 4 rings (SSSR count). The lowest BCUT2D eigenvalue weighted by molar-refractivity contribution is 0.0996.